The van der Waals surface area contributed by atoms with Crippen LogP contribution in [-0.2, 0) is 6.61 Å². The van der Waals surface area contributed by atoms with Gasteiger partial charge < -0.3 is 10.0 Å². The third-order valence-corrected chi connectivity index (χ3v) is 3.49. The van der Waals surface area contributed by atoms with E-state index in [0.717, 1.165) is 11.0 Å². The minimum atomic E-state index is 0.143. The monoisotopic (exact) mass is 189 g/mol. The second-order valence-electron chi connectivity index (χ2n) is 4.68. The summed E-state index contributed by atoms with van der Waals surface area (Å²) in [6.07, 6.45) is 2.86. The molecule has 1 aromatic rings. The summed E-state index contributed by atoms with van der Waals surface area (Å²) in [5.74, 6) is 0. The highest BCUT2D eigenvalue weighted by molar-refractivity contribution is 5.51. The van der Waals surface area contributed by atoms with Crippen LogP contribution in [0.25, 0.3) is 0 Å². The molecule has 0 unspecified atom stereocenters. The Hall–Kier alpha value is -1.02. The van der Waals surface area contributed by atoms with Gasteiger partial charge in [-0.05, 0) is 30.5 Å². The summed E-state index contributed by atoms with van der Waals surface area (Å²) in [5.41, 5.74) is 3.02. The lowest BCUT2D eigenvalue weighted by Crippen LogP contribution is -2.48. The van der Waals surface area contributed by atoms with Gasteiger partial charge in [-0.1, -0.05) is 12.1 Å². The average molecular weight is 189 g/mol. The second-order valence-corrected chi connectivity index (χ2v) is 4.68. The van der Waals surface area contributed by atoms with E-state index in [1.807, 2.05) is 12.1 Å². The SMILES string of the molecule is OCc1ccc(N2CC3(CC3)C2)cc1. The van der Waals surface area contributed by atoms with Crippen LogP contribution in [0.1, 0.15) is 18.4 Å². The summed E-state index contributed by atoms with van der Waals surface area (Å²) in [5, 5.41) is 8.92. The van der Waals surface area contributed by atoms with Crippen molar-refractivity contribution >= 4 is 5.69 Å². The molecule has 2 aliphatic rings. The maximum Gasteiger partial charge on any atom is 0.0681 e. The van der Waals surface area contributed by atoms with Gasteiger partial charge in [-0.15, -0.1) is 0 Å². The molecule has 2 heteroatoms. The summed E-state index contributed by atoms with van der Waals surface area (Å²) in [4.78, 5) is 2.42. The molecular formula is C12H15NO. The first kappa shape index (κ1) is 8.30. The smallest absolute Gasteiger partial charge is 0.0681 e. The Balaban J connectivity index is 1.71. The fourth-order valence-electron chi connectivity index (χ4n) is 2.25. The van der Waals surface area contributed by atoms with Gasteiger partial charge in [-0.3, -0.25) is 0 Å². The third-order valence-electron chi connectivity index (χ3n) is 3.49. The zero-order valence-corrected chi connectivity index (χ0v) is 8.24. The van der Waals surface area contributed by atoms with Gasteiger partial charge in [0, 0.05) is 24.2 Å². The van der Waals surface area contributed by atoms with E-state index < -0.39 is 0 Å². The van der Waals surface area contributed by atoms with Crippen LogP contribution in [0.3, 0.4) is 0 Å². The van der Waals surface area contributed by atoms with E-state index >= 15 is 0 Å². The van der Waals surface area contributed by atoms with E-state index in [2.05, 4.69) is 17.0 Å². The molecule has 0 amide bonds. The quantitative estimate of drug-likeness (QED) is 0.766. The van der Waals surface area contributed by atoms with Crippen molar-refractivity contribution in [2.24, 2.45) is 5.41 Å². The molecule has 1 N–H and O–H groups in total. The first-order valence-corrected chi connectivity index (χ1v) is 5.26. The van der Waals surface area contributed by atoms with Crippen LogP contribution in [0.5, 0.6) is 0 Å². The molecule has 74 valence electrons. The van der Waals surface area contributed by atoms with Crippen molar-refractivity contribution in [1.82, 2.24) is 0 Å². The van der Waals surface area contributed by atoms with Gasteiger partial charge in [0.05, 0.1) is 6.61 Å². The molecular weight excluding hydrogens is 174 g/mol. The molecule has 0 aromatic heterocycles. The van der Waals surface area contributed by atoms with Crippen molar-refractivity contribution in [3.63, 3.8) is 0 Å². The molecule has 1 saturated carbocycles. The highest BCUT2D eigenvalue weighted by atomic mass is 16.3. The van der Waals surface area contributed by atoms with Gasteiger partial charge in [0.2, 0.25) is 0 Å². The topological polar surface area (TPSA) is 23.5 Å². The van der Waals surface area contributed by atoms with Gasteiger partial charge in [0.1, 0.15) is 0 Å². The fourth-order valence-corrected chi connectivity index (χ4v) is 2.25. The Morgan fingerprint density at radius 2 is 1.79 bits per heavy atom. The van der Waals surface area contributed by atoms with E-state index in [-0.39, 0.29) is 6.61 Å². The van der Waals surface area contributed by atoms with Crippen LogP contribution in [-0.4, -0.2) is 18.2 Å². The minimum Gasteiger partial charge on any atom is -0.392 e. The van der Waals surface area contributed by atoms with Crippen molar-refractivity contribution in [3.8, 4) is 0 Å². The van der Waals surface area contributed by atoms with E-state index in [4.69, 9.17) is 5.11 Å². The van der Waals surface area contributed by atoms with Gasteiger partial charge in [-0.2, -0.15) is 0 Å². The molecule has 2 nitrogen and oxygen atoms in total. The zero-order chi connectivity index (χ0) is 9.60. The van der Waals surface area contributed by atoms with Gasteiger partial charge in [0.25, 0.3) is 0 Å². The Morgan fingerprint density at radius 3 is 2.29 bits per heavy atom. The predicted molar refractivity (Wildman–Crippen MR) is 56.2 cm³/mol. The van der Waals surface area contributed by atoms with E-state index in [9.17, 15) is 0 Å². The van der Waals surface area contributed by atoms with Crippen molar-refractivity contribution in [1.29, 1.82) is 0 Å². The second kappa shape index (κ2) is 2.74. The van der Waals surface area contributed by atoms with Crippen LogP contribution in [0.2, 0.25) is 0 Å². The summed E-state index contributed by atoms with van der Waals surface area (Å²) in [7, 11) is 0. The lowest BCUT2D eigenvalue weighted by molar-refractivity contribution is 0.282. The van der Waals surface area contributed by atoms with E-state index in [1.165, 1.54) is 31.6 Å². The van der Waals surface area contributed by atoms with Crippen LogP contribution in [0, 0.1) is 5.41 Å². The molecule has 1 saturated heterocycles. The van der Waals surface area contributed by atoms with Crippen molar-refractivity contribution in [2.75, 3.05) is 18.0 Å². The molecule has 0 radical (unpaired) electrons. The number of anilines is 1. The van der Waals surface area contributed by atoms with Crippen molar-refractivity contribution < 1.29 is 5.11 Å². The van der Waals surface area contributed by atoms with Gasteiger partial charge in [-0.25, -0.2) is 0 Å². The number of nitrogens with zero attached hydrogens (tertiary/aromatic N) is 1. The summed E-state index contributed by atoms with van der Waals surface area (Å²) < 4.78 is 0. The summed E-state index contributed by atoms with van der Waals surface area (Å²) in [6.45, 7) is 2.63. The zero-order valence-electron chi connectivity index (χ0n) is 8.24. The number of aliphatic hydroxyl groups excluding tert-OH is 1. The van der Waals surface area contributed by atoms with Gasteiger partial charge in [0.15, 0.2) is 0 Å². The van der Waals surface area contributed by atoms with Crippen LogP contribution >= 0.6 is 0 Å². The molecule has 2 fully saturated rings. The number of aliphatic hydroxyl groups is 1. The highest BCUT2D eigenvalue weighted by Crippen LogP contribution is 2.53. The number of benzene rings is 1. The maximum atomic E-state index is 8.92. The fraction of sp³-hybridized carbons (Fsp3) is 0.500. The molecule has 1 aromatic carbocycles. The van der Waals surface area contributed by atoms with Crippen molar-refractivity contribution in [3.05, 3.63) is 29.8 Å². The van der Waals surface area contributed by atoms with Crippen LogP contribution in [0.4, 0.5) is 5.69 Å². The molecule has 1 heterocycles. The lowest BCUT2D eigenvalue weighted by atomic mass is 9.96. The first-order valence-electron chi connectivity index (χ1n) is 5.26. The molecule has 0 atom stereocenters. The molecule has 0 bridgehead atoms. The van der Waals surface area contributed by atoms with Crippen LogP contribution < -0.4 is 4.90 Å². The van der Waals surface area contributed by atoms with Gasteiger partial charge >= 0.3 is 0 Å². The third kappa shape index (κ3) is 1.22. The Morgan fingerprint density at radius 1 is 1.14 bits per heavy atom. The van der Waals surface area contributed by atoms with Crippen LogP contribution in [0.15, 0.2) is 24.3 Å². The molecule has 1 aliphatic carbocycles. The molecule has 1 aliphatic heterocycles. The molecule has 3 rings (SSSR count). The Bertz CT molecular complexity index is 332. The highest BCUT2D eigenvalue weighted by Gasteiger charge is 2.52. The van der Waals surface area contributed by atoms with Crippen molar-refractivity contribution in [2.45, 2.75) is 19.4 Å². The Kier molecular flexibility index (Phi) is 1.62. The predicted octanol–water partition coefficient (Wildman–Crippen LogP) is 1.78. The summed E-state index contributed by atoms with van der Waals surface area (Å²) in [6, 6.07) is 8.24. The molecule has 1 spiro atoms. The van der Waals surface area contributed by atoms with E-state index in [1.54, 1.807) is 0 Å². The van der Waals surface area contributed by atoms with E-state index in [0.29, 0.717) is 0 Å². The maximum absolute atomic E-state index is 8.92. The first-order chi connectivity index (χ1) is 6.81. The largest absolute Gasteiger partial charge is 0.392 e. The lowest BCUT2D eigenvalue weighted by Gasteiger charge is -2.41. The number of hydrogen-bond donors (Lipinski definition) is 1. The summed E-state index contributed by atoms with van der Waals surface area (Å²) >= 11 is 0. The minimum absolute atomic E-state index is 0.143. The normalized spacial score (nSPS) is 22.2. The number of rotatable bonds is 2. The Labute approximate surface area is 84.2 Å². The standard InChI is InChI=1S/C12H15NO/c14-7-10-1-3-11(4-2-10)13-8-12(9-13)5-6-12/h1-4,14H,5-9H2. The average Bonchev–Trinajstić information content (AvgIpc) is 2.96. The number of hydrogen-bond acceptors (Lipinski definition) is 2. The molecule has 14 heavy (non-hydrogen) atoms.